The summed E-state index contributed by atoms with van der Waals surface area (Å²) in [5.74, 6) is 18.8. The van der Waals surface area contributed by atoms with Gasteiger partial charge in [0, 0.05) is 21.9 Å². The van der Waals surface area contributed by atoms with Crippen LogP contribution < -0.4 is 0 Å². The molecule has 27 heavy (non-hydrogen) atoms. The van der Waals surface area contributed by atoms with Gasteiger partial charge in [0.2, 0.25) is 0 Å². The van der Waals surface area contributed by atoms with E-state index < -0.39 is 0 Å². The fourth-order valence-corrected chi connectivity index (χ4v) is 2.37. The smallest absolute Gasteiger partial charge is 0.0696 e. The molecule has 3 aromatic rings. The van der Waals surface area contributed by atoms with E-state index in [4.69, 9.17) is 0 Å². The van der Waals surface area contributed by atoms with Crippen molar-refractivity contribution < 1.29 is 0 Å². The Morgan fingerprint density at radius 2 is 0.815 bits per heavy atom. The Labute approximate surface area is 164 Å². The largest absolute Gasteiger partial charge is 0.0867 e. The lowest BCUT2D eigenvalue weighted by molar-refractivity contribution is 1.64. The molecule has 0 aliphatic heterocycles. The maximum Gasteiger partial charge on any atom is 0.0867 e. The van der Waals surface area contributed by atoms with E-state index in [-0.39, 0.29) is 0 Å². The number of benzene rings is 3. The van der Waals surface area contributed by atoms with Crippen molar-refractivity contribution in [2.45, 2.75) is 0 Å². The molecule has 3 rings (SSSR count). The van der Waals surface area contributed by atoms with E-state index in [1.807, 2.05) is 91.0 Å². The van der Waals surface area contributed by atoms with Gasteiger partial charge in [-0.2, -0.15) is 0 Å². The lowest BCUT2D eigenvalue weighted by atomic mass is 10.1. The first-order valence-corrected chi connectivity index (χ1v) is 8.98. The topological polar surface area (TPSA) is 0 Å². The highest BCUT2D eigenvalue weighted by Crippen LogP contribution is 2.03. The van der Waals surface area contributed by atoms with Crippen LogP contribution in [0.15, 0.2) is 102 Å². The van der Waals surface area contributed by atoms with Crippen LogP contribution >= 0.6 is 0 Å². The summed E-state index contributed by atoms with van der Waals surface area (Å²) in [6.07, 6.45) is 0. The van der Waals surface area contributed by atoms with Gasteiger partial charge in [-0.15, -0.1) is 0 Å². The second-order valence-electron chi connectivity index (χ2n) is 5.60. The Balaban J connectivity index is 1.98. The first-order chi connectivity index (χ1) is 13.3. The molecule has 0 fully saturated rings. The Morgan fingerprint density at radius 1 is 0.481 bits per heavy atom. The van der Waals surface area contributed by atoms with Crippen LogP contribution in [0.3, 0.4) is 0 Å². The molecule has 0 atom stereocenters. The zero-order valence-electron chi connectivity index (χ0n) is 14.7. The van der Waals surface area contributed by atoms with Crippen LogP contribution in [-0.4, -0.2) is 10.2 Å². The minimum absolute atomic E-state index is 0.655. The molecule has 0 nitrogen and oxygen atoms in total. The minimum Gasteiger partial charge on any atom is -0.0696 e. The SMILES string of the molecule is [Si]C(C#Cc1ccccc1)=C(C#Cc1ccccc1)C#Cc1ccccc1. The summed E-state index contributed by atoms with van der Waals surface area (Å²) in [7, 11) is 3.61. The number of hydrogen-bond acceptors (Lipinski definition) is 0. The Hall–Kier alpha value is -3.70. The van der Waals surface area contributed by atoms with E-state index in [1.165, 1.54) is 0 Å². The summed E-state index contributed by atoms with van der Waals surface area (Å²) >= 11 is 0. The van der Waals surface area contributed by atoms with Gasteiger partial charge in [-0.3, -0.25) is 0 Å². The first-order valence-electron chi connectivity index (χ1n) is 8.48. The van der Waals surface area contributed by atoms with Crippen LogP contribution in [0, 0.1) is 35.5 Å². The van der Waals surface area contributed by atoms with E-state index >= 15 is 0 Å². The summed E-state index contributed by atoms with van der Waals surface area (Å²) in [4.78, 5) is 0. The van der Waals surface area contributed by atoms with Gasteiger partial charge in [-0.25, -0.2) is 0 Å². The molecule has 3 radical (unpaired) electrons. The van der Waals surface area contributed by atoms with E-state index in [1.54, 1.807) is 0 Å². The van der Waals surface area contributed by atoms with E-state index in [2.05, 4.69) is 45.8 Å². The molecular formula is C26H15Si. The Kier molecular flexibility index (Phi) is 6.50. The quantitative estimate of drug-likeness (QED) is 0.409. The molecule has 0 aliphatic carbocycles. The summed E-state index contributed by atoms with van der Waals surface area (Å²) in [6, 6.07) is 29.5. The normalized spacial score (nSPS) is 8.78. The Morgan fingerprint density at radius 3 is 1.19 bits per heavy atom. The third-order valence-corrected chi connectivity index (χ3v) is 3.94. The lowest BCUT2D eigenvalue weighted by Gasteiger charge is -1.93. The van der Waals surface area contributed by atoms with Crippen molar-refractivity contribution in [3.63, 3.8) is 0 Å². The lowest BCUT2D eigenvalue weighted by Crippen LogP contribution is -1.87. The van der Waals surface area contributed by atoms with Crippen LogP contribution in [0.5, 0.6) is 0 Å². The molecule has 0 unspecified atom stereocenters. The molecule has 0 N–H and O–H groups in total. The molecule has 0 saturated heterocycles. The van der Waals surface area contributed by atoms with Crippen LogP contribution in [0.4, 0.5) is 0 Å². The van der Waals surface area contributed by atoms with Crippen molar-refractivity contribution in [3.05, 3.63) is 118 Å². The summed E-state index contributed by atoms with van der Waals surface area (Å²) in [5, 5.41) is 0.672. The molecule has 0 saturated carbocycles. The molecule has 1 heteroatoms. The van der Waals surface area contributed by atoms with Crippen LogP contribution in [-0.2, 0) is 0 Å². The maximum atomic E-state index is 3.61. The first kappa shape index (κ1) is 18.1. The third kappa shape index (κ3) is 5.95. The monoisotopic (exact) mass is 355 g/mol. The average molecular weight is 355 g/mol. The standard InChI is InChI=1S/C26H15Si/c27-26(21-18-24-14-8-3-9-15-24)25(19-16-22-10-4-1-5-11-22)20-17-23-12-6-2-7-13-23/h1-15H. The second kappa shape index (κ2) is 9.70. The third-order valence-electron chi connectivity index (χ3n) is 3.57. The van der Waals surface area contributed by atoms with Gasteiger partial charge in [-0.1, -0.05) is 90.1 Å². The predicted molar refractivity (Wildman–Crippen MR) is 113 cm³/mol. The molecule has 0 amide bonds. The van der Waals surface area contributed by atoms with Crippen molar-refractivity contribution in [1.82, 2.24) is 0 Å². The van der Waals surface area contributed by atoms with Gasteiger partial charge in [0.1, 0.15) is 0 Å². The molecule has 0 aliphatic rings. The van der Waals surface area contributed by atoms with Crippen LogP contribution in [0.1, 0.15) is 16.7 Å². The van der Waals surface area contributed by atoms with Gasteiger partial charge in [0.25, 0.3) is 0 Å². The molecular weight excluding hydrogens is 340 g/mol. The van der Waals surface area contributed by atoms with Gasteiger partial charge in [0.05, 0.1) is 15.8 Å². The molecule has 123 valence electrons. The highest BCUT2D eigenvalue weighted by molar-refractivity contribution is 6.25. The summed E-state index contributed by atoms with van der Waals surface area (Å²) < 4.78 is 0. The van der Waals surface area contributed by atoms with E-state index in [0.29, 0.717) is 10.8 Å². The number of rotatable bonds is 0. The van der Waals surface area contributed by atoms with Gasteiger partial charge in [0.15, 0.2) is 0 Å². The van der Waals surface area contributed by atoms with Crippen molar-refractivity contribution in [2.24, 2.45) is 0 Å². The summed E-state index contributed by atoms with van der Waals surface area (Å²) in [5.41, 5.74) is 3.47. The van der Waals surface area contributed by atoms with Crippen molar-refractivity contribution in [2.75, 3.05) is 0 Å². The second-order valence-corrected chi connectivity index (χ2v) is 6.10. The highest BCUT2D eigenvalue weighted by Gasteiger charge is 1.95. The van der Waals surface area contributed by atoms with Crippen LogP contribution in [0.25, 0.3) is 0 Å². The molecule has 0 spiro atoms. The number of hydrogen-bond donors (Lipinski definition) is 0. The summed E-state index contributed by atoms with van der Waals surface area (Å²) in [6.45, 7) is 0. The number of allylic oxidation sites excluding steroid dienone is 2. The maximum absolute atomic E-state index is 3.61. The van der Waals surface area contributed by atoms with E-state index in [9.17, 15) is 0 Å². The van der Waals surface area contributed by atoms with Crippen molar-refractivity contribution >= 4 is 10.2 Å². The fourth-order valence-electron chi connectivity index (χ4n) is 2.19. The Bertz CT molecular complexity index is 1050. The minimum atomic E-state index is 0.655. The van der Waals surface area contributed by atoms with E-state index in [0.717, 1.165) is 16.7 Å². The predicted octanol–water partition coefficient (Wildman–Crippen LogP) is 4.56. The zero-order chi connectivity index (χ0) is 18.7. The average Bonchev–Trinajstić information content (AvgIpc) is 2.74. The van der Waals surface area contributed by atoms with Gasteiger partial charge in [-0.05, 0) is 36.4 Å². The molecule has 0 bridgehead atoms. The van der Waals surface area contributed by atoms with Crippen molar-refractivity contribution in [1.29, 1.82) is 0 Å². The van der Waals surface area contributed by atoms with Gasteiger partial charge >= 0.3 is 0 Å². The van der Waals surface area contributed by atoms with Crippen molar-refractivity contribution in [3.8, 4) is 35.5 Å². The molecule has 0 aromatic heterocycles. The van der Waals surface area contributed by atoms with Crippen LogP contribution in [0.2, 0.25) is 0 Å². The molecule has 3 aromatic carbocycles. The molecule has 0 heterocycles. The fraction of sp³-hybridized carbons (Fsp3) is 0. The zero-order valence-corrected chi connectivity index (χ0v) is 15.7. The highest BCUT2D eigenvalue weighted by atomic mass is 28.1. The van der Waals surface area contributed by atoms with Gasteiger partial charge < -0.3 is 0 Å².